The van der Waals surface area contributed by atoms with Crippen molar-refractivity contribution < 1.29 is 4.79 Å². The number of fused-ring (bicyclic) bond motifs is 1. The Morgan fingerprint density at radius 3 is 2.78 bits per heavy atom. The van der Waals surface area contributed by atoms with E-state index < -0.39 is 0 Å². The quantitative estimate of drug-likeness (QED) is 0.887. The highest BCUT2D eigenvalue weighted by atomic mass is 16.2. The molecule has 0 spiro atoms. The third-order valence-electron chi connectivity index (χ3n) is 3.33. The minimum atomic E-state index is -0.303. The van der Waals surface area contributed by atoms with Crippen molar-refractivity contribution in [3.8, 4) is 0 Å². The largest absolute Gasteiger partial charge is 0.369 e. The molecule has 0 saturated heterocycles. The summed E-state index contributed by atoms with van der Waals surface area (Å²) >= 11 is 0. The summed E-state index contributed by atoms with van der Waals surface area (Å²) in [5, 5.41) is 3.00. The molecule has 0 aliphatic carbocycles. The van der Waals surface area contributed by atoms with Gasteiger partial charge in [0.2, 0.25) is 5.91 Å². The summed E-state index contributed by atoms with van der Waals surface area (Å²) in [6, 6.07) is 8.51. The molecule has 1 aliphatic heterocycles. The molecule has 1 amide bonds. The van der Waals surface area contributed by atoms with Crippen LogP contribution in [0.25, 0.3) is 0 Å². The number of benzene rings is 1. The van der Waals surface area contributed by atoms with Crippen molar-refractivity contribution in [3.05, 3.63) is 29.8 Å². The van der Waals surface area contributed by atoms with Crippen molar-refractivity contribution in [2.24, 2.45) is 5.41 Å². The normalized spacial score (nSPS) is 14.5. The van der Waals surface area contributed by atoms with E-state index in [1.165, 1.54) is 11.3 Å². The minimum absolute atomic E-state index is 0.120. The number of nitrogens with zero attached hydrogens (tertiary/aromatic N) is 1. The first kappa shape index (κ1) is 12.9. The molecule has 0 atom stereocenters. The summed E-state index contributed by atoms with van der Waals surface area (Å²) in [6.07, 6.45) is 1.11. The van der Waals surface area contributed by atoms with Gasteiger partial charge in [-0.1, -0.05) is 39.0 Å². The van der Waals surface area contributed by atoms with Crippen LogP contribution in [0, 0.1) is 5.41 Å². The van der Waals surface area contributed by atoms with Crippen molar-refractivity contribution in [1.29, 1.82) is 0 Å². The van der Waals surface area contributed by atoms with Gasteiger partial charge in [-0.3, -0.25) is 4.79 Å². The Morgan fingerprint density at radius 2 is 2.06 bits per heavy atom. The van der Waals surface area contributed by atoms with E-state index in [1.54, 1.807) is 0 Å². The molecular formula is C15H22N2O. The second kappa shape index (κ2) is 5.01. The fourth-order valence-electron chi connectivity index (χ4n) is 2.21. The van der Waals surface area contributed by atoms with E-state index in [4.69, 9.17) is 0 Å². The van der Waals surface area contributed by atoms with Crippen LogP contribution in [0.2, 0.25) is 0 Å². The number of hydrogen-bond donors (Lipinski definition) is 1. The number of carbonyl (C=O) groups is 1. The van der Waals surface area contributed by atoms with Gasteiger partial charge in [-0.25, -0.2) is 0 Å². The molecule has 0 saturated carbocycles. The average molecular weight is 246 g/mol. The third-order valence-corrected chi connectivity index (χ3v) is 3.33. The number of para-hydroxylation sites is 1. The Bertz CT molecular complexity index is 434. The molecule has 0 bridgehead atoms. The molecule has 2 rings (SSSR count). The maximum atomic E-state index is 11.8. The van der Waals surface area contributed by atoms with Gasteiger partial charge < -0.3 is 10.2 Å². The molecule has 1 aromatic carbocycles. The SMILES string of the molecule is CC(C)(C)C(=O)NCCN1CCc2ccccc21. The van der Waals surface area contributed by atoms with Crippen LogP contribution in [-0.2, 0) is 11.2 Å². The lowest BCUT2D eigenvalue weighted by Gasteiger charge is -2.22. The first-order valence-electron chi connectivity index (χ1n) is 6.59. The summed E-state index contributed by atoms with van der Waals surface area (Å²) in [4.78, 5) is 14.1. The summed E-state index contributed by atoms with van der Waals surface area (Å²) in [5.41, 5.74) is 2.44. The average Bonchev–Trinajstić information content (AvgIpc) is 2.71. The zero-order valence-corrected chi connectivity index (χ0v) is 11.5. The van der Waals surface area contributed by atoms with E-state index in [1.807, 2.05) is 20.8 Å². The molecule has 1 aromatic rings. The maximum absolute atomic E-state index is 11.8. The second-order valence-corrected chi connectivity index (χ2v) is 5.87. The molecule has 1 aliphatic rings. The highest BCUT2D eigenvalue weighted by Gasteiger charge is 2.22. The lowest BCUT2D eigenvalue weighted by molar-refractivity contribution is -0.128. The fourth-order valence-corrected chi connectivity index (χ4v) is 2.21. The van der Waals surface area contributed by atoms with Crippen LogP contribution in [0.4, 0.5) is 5.69 Å². The molecule has 98 valence electrons. The lowest BCUT2D eigenvalue weighted by atomic mass is 9.96. The topological polar surface area (TPSA) is 32.3 Å². The number of carbonyl (C=O) groups excluding carboxylic acids is 1. The number of hydrogen-bond acceptors (Lipinski definition) is 2. The van der Waals surface area contributed by atoms with Crippen LogP contribution in [0.1, 0.15) is 26.3 Å². The van der Waals surface area contributed by atoms with Gasteiger partial charge in [0.25, 0.3) is 0 Å². The number of amides is 1. The summed E-state index contributed by atoms with van der Waals surface area (Å²) in [5.74, 6) is 0.120. The van der Waals surface area contributed by atoms with E-state index in [9.17, 15) is 4.79 Å². The van der Waals surface area contributed by atoms with Crippen LogP contribution >= 0.6 is 0 Å². The van der Waals surface area contributed by atoms with Gasteiger partial charge in [-0.05, 0) is 18.1 Å². The molecule has 0 aromatic heterocycles. The highest BCUT2D eigenvalue weighted by Crippen LogP contribution is 2.26. The van der Waals surface area contributed by atoms with Crippen molar-refractivity contribution in [2.45, 2.75) is 27.2 Å². The van der Waals surface area contributed by atoms with Gasteiger partial charge >= 0.3 is 0 Å². The van der Waals surface area contributed by atoms with Crippen LogP contribution in [-0.4, -0.2) is 25.5 Å². The summed E-state index contributed by atoms with van der Waals surface area (Å²) < 4.78 is 0. The second-order valence-electron chi connectivity index (χ2n) is 5.87. The van der Waals surface area contributed by atoms with Crippen molar-refractivity contribution in [2.75, 3.05) is 24.5 Å². The minimum Gasteiger partial charge on any atom is -0.369 e. The smallest absolute Gasteiger partial charge is 0.225 e. The van der Waals surface area contributed by atoms with E-state index in [0.717, 1.165) is 19.5 Å². The summed E-state index contributed by atoms with van der Waals surface area (Å²) in [6.45, 7) is 8.47. The van der Waals surface area contributed by atoms with Crippen molar-refractivity contribution >= 4 is 11.6 Å². The first-order chi connectivity index (χ1) is 8.48. The van der Waals surface area contributed by atoms with E-state index in [0.29, 0.717) is 6.54 Å². The standard InChI is InChI=1S/C15H22N2O/c1-15(2,3)14(18)16-9-11-17-10-8-12-6-4-5-7-13(12)17/h4-7H,8-11H2,1-3H3,(H,16,18). The number of nitrogens with one attached hydrogen (secondary N) is 1. The first-order valence-corrected chi connectivity index (χ1v) is 6.59. The van der Waals surface area contributed by atoms with E-state index in [2.05, 4.69) is 34.5 Å². The van der Waals surface area contributed by atoms with Gasteiger partial charge in [0, 0.05) is 30.7 Å². The zero-order valence-electron chi connectivity index (χ0n) is 11.5. The van der Waals surface area contributed by atoms with Crippen LogP contribution < -0.4 is 10.2 Å². The van der Waals surface area contributed by atoms with Crippen LogP contribution in [0.15, 0.2) is 24.3 Å². The number of anilines is 1. The van der Waals surface area contributed by atoms with Gasteiger partial charge in [-0.2, -0.15) is 0 Å². The Kier molecular flexibility index (Phi) is 3.60. The summed E-state index contributed by atoms with van der Waals surface area (Å²) in [7, 11) is 0. The lowest BCUT2D eigenvalue weighted by Crippen LogP contribution is -2.39. The predicted molar refractivity (Wildman–Crippen MR) is 74.8 cm³/mol. The molecule has 1 heterocycles. The van der Waals surface area contributed by atoms with Crippen molar-refractivity contribution in [3.63, 3.8) is 0 Å². The monoisotopic (exact) mass is 246 g/mol. The van der Waals surface area contributed by atoms with Gasteiger partial charge in [-0.15, -0.1) is 0 Å². The predicted octanol–water partition coefficient (Wildman–Crippen LogP) is 2.21. The molecule has 0 radical (unpaired) electrons. The fraction of sp³-hybridized carbons (Fsp3) is 0.533. The molecule has 18 heavy (non-hydrogen) atoms. The van der Waals surface area contributed by atoms with E-state index >= 15 is 0 Å². The molecule has 0 fully saturated rings. The molecule has 1 N–H and O–H groups in total. The maximum Gasteiger partial charge on any atom is 0.225 e. The zero-order chi connectivity index (χ0) is 13.2. The van der Waals surface area contributed by atoms with E-state index in [-0.39, 0.29) is 11.3 Å². The Labute approximate surface area is 109 Å². The van der Waals surface area contributed by atoms with Gasteiger partial charge in [0.15, 0.2) is 0 Å². The third kappa shape index (κ3) is 2.84. The molecule has 3 nitrogen and oxygen atoms in total. The van der Waals surface area contributed by atoms with Crippen LogP contribution in [0.5, 0.6) is 0 Å². The molecule has 3 heteroatoms. The number of rotatable bonds is 3. The van der Waals surface area contributed by atoms with Gasteiger partial charge in [0.05, 0.1) is 0 Å². The Balaban J connectivity index is 1.85. The molecule has 0 unspecified atom stereocenters. The van der Waals surface area contributed by atoms with Gasteiger partial charge in [0.1, 0.15) is 0 Å². The van der Waals surface area contributed by atoms with Crippen LogP contribution in [0.3, 0.4) is 0 Å². The Morgan fingerprint density at radius 1 is 1.33 bits per heavy atom. The Hall–Kier alpha value is -1.51. The molecular weight excluding hydrogens is 224 g/mol. The van der Waals surface area contributed by atoms with Crippen molar-refractivity contribution in [1.82, 2.24) is 5.32 Å². The highest BCUT2D eigenvalue weighted by molar-refractivity contribution is 5.81.